The quantitative estimate of drug-likeness (QED) is 0.158. The summed E-state index contributed by atoms with van der Waals surface area (Å²) in [5.74, 6) is 4.22. The lowest BCUT2D eigenvalue weighted by molar-refractivity contribution is 0.992. The molecular formula is C76H60N8. The molecule has 0 spiro atoms. The molecule has 15 rings (SSSR count). The molecule has 0 aliphatic heterocycles. The van der Waals surface area contributed by atoms with Crippen LogP contribution in [-0.2, 0) is 0 Å². The van der Waals surface area contributed by atoms with Gasteiger partial charge in [-0.1, -0.05) is 248 Å². The Morgan fingerprint density at radius 3 is 0.952 bits per heavy atom. The van der Waals surface area contributed by atoms with Crippen LogP contribution in [0.4, 0.5) is 0 Å². The van der Waals surface area contributed by atoms with Crippen LogP contribution in [0.5, 0.6) is 0 Å². The van der Waals surface area contributed by atoms with Gasteiger partial charge in [0.1, 0.15) is 5.82 Å². The van der Waals surface area contributed by atoms with Crippen molar-refractivity contribution in [2.24, 2.45) is 0 Å². The van der Waals surface area contributed by atoms with Gasteiger partial charge in [-0.25, -0.2) is 29.9 Å². The molecule has 0 fully saturated rings. The summed E-state index contributed by atoms with van der Waals surface area (Å²) in [7, 11) is 0. The zero-order valence-electron chi connectivity index (χ0n) is 47.3. The van der Waals surface area contributed by atoms with Crippen molar-refractivity contribution in [2.45, 2.75) is 27.7 Å². The van der Waals surface area contributed by atoms with Crippen molar-refractivity contribution in [2.75, 3.05) is 0 Å². The van der Waals surface area contributed by atoms with E-state index in [0.717, 1.165) is 33.6 Å². The Morgan fingerprint density at radius 2 is 0.524 bits per heavy atom. The lowest BCUT2D eigenvalue weighted by Gasteiger charge is -2.08. The molecule has 0 atom stereocenters. The van der Waals surface area contributed by atoms with E-state index in [0.29, 0.717) is 29.1 Å². The van der Waals surface area contributed by atoms with Crippen LogP contribution < -0.4 is 0 Å². The summed E-state index contributed by atoms with van der Waals surface area (Å²) in [6.07, 6.45) is 0. The molecule has 4 heterocycles. The lowest BCUT2D eigenvalue weighted by atomic mass is 10.1. The van der Waals surface area contributed by atoms with Gasteiger partial charge in [0, 0.05) is 60.7 Å². The first-order valence-electron chi connectivity index (χ1n) is 28.2. The van der Waals surface area contributed by atoms with Crippen molar-refractivity contribution in [1.82, 2.24) is 39.0 Å². The van der Waals surface area contributed by atoms with Crippen molar-refractivity contribution >= 4 is 43.6 Å². The van der Waals surface area contributed by atoms with E-state index < -0.39 is 0 Å². The zero-order chi connectivity index (χ0) is 57.2. The van der Waals surface area contributed by atoms with Crippen molar-refractivity contribution in [3.8, 4) is 68.3 Å². The highest BCUT2D eigenvalue weighted by Gasteiger charge is 2.15. The predicted molar refractivity (Wildman–Crippen MR) is 347 cm³/mol. The molecule has 0 N–H and O–H groups in total. The maximum Gasteiger partial charge on any atom is 0.164 e. The van der Waals surface area contributed by atoms with Crippen molar-refractivity contribution in [3.05, 3.63) is 314 Å². The maximum absolute atomic E-state index is 4.71. The Kier molecular flexibility index (Phi) is 15.9. The molecule has 8 nitrogen and oxygen atoms in total. The average Bonchev–Trinajstić information content (AvgIpc) is 3.45. The lowest BCUT2D eigenvalue weighted by Crippen LogP contribution is -2.00. The molecule has 0 saturated carbocycles. The minimum atomic E-state index is 0.685. The molecule has 0 radical (unpaired) electrons. The monoisotopic (exact) mass is 1080 g/mol. The van der Waals surface area contributed by atoms with E-state index in [-0.39, 0.29) is 0 Å². The Labute approximate surface area is 489 Å². The third-order valence-corrected chi connectivity index (χ3v) is 14.5. The molecule has 8 heteroatoms. The summed E-state index contributed by atoms with van der Waals surface area (Å²) in [6.45, 7) is 8.24. The van der Waals surface area contributed by atoms with E-state index in [1.807, 2.05) is 140 Å². The Balaban J connectivity index is 0.000000111. The van der Waals surface area contributed by atoms with Crippen LogP contribution in [0, 0.1) is 27.7 Å². The largest absolute Gasteiger partial charge is 0.309 e. The fourth-order valence-electron chi connectivity index (χ4n) is 10.5. The summed E-state index contributed by atoms with van der Waals surface area (Å²) in [5.41, 5.74) is 16.2. The highest BCUT2D eigenvalue weighted by Crippen LogP contribution is 2.34. The van der Waals surface area contributed by atoms with E-state index in [9.17, 15) is 0 Å². The third-order valence-electron chi connectivity index (χ3n) is 14.5. The van der Waals surface area contributed by atoms with Crippen LogP contribution in [0.15, 0.2) is 291 Å². The van der Waals surface area contributed by atoms with Gasteiger partial charge >= 0.3 is 0 Å². The Hall–Kier alpha value is -11.0. The van der Waals surface area contributed by atoms with E-state index in [2.05, 4.69) is 203 Å². The Morgan fingerprint density at radius 1 is 0.214 bits per heavy atom. The number of hydrogen-bond acceptors (Lipinski definition) is 6. The second-order valence-electron chi connectivity index (χ2n) is 20.6. The van der Waals surface area contributed by atoms with Crippen LogP contribution >= 0.6 is 0 Å². The van der Waals surface area contributed by atoms with Gasteiger partial charge in [-0.05, 0) is 87.9 Å². The van der Waals surface area contributed by atoms with Gasteiger partial charge in [-0.3, -0.25) is 0 Å². The molecule has 0 bridgehead atoms. The summed E-state index contributed by atoms with van der Waals surface area (Å²) in [4.78, 5) is 27.5. The maximum atomic E-state index is 4.71. The zero-order valence-corrected chi connectivity index (χ0v) is 47.3. The smallest absolute Gasteiger partial charge is 0.164 e. The molecule has 4 aromatic heterocycles. The minimum absolute atomic E-state index is 0.685. The molecule has 0 aliphatic carbocycles. The van der Waals surface area contributed by atoms with Crippen LogP contribution in [-0.4, -0.2) is 39.0 Å². The van der Waals surface area contributed by atoms with Gasteiger partial charge in [0.25, 0.3) is 0 Å². The number of hydrogen-bond donors (Lipinski definition) is 0. The van der Waals surface area contributed by atoms with Crippen molar-refractivity contribution < 1.29 is 0 Å². The normalized spacial score (nSPS) is 10.9. The fraction of sp³-hybridized carbons (Fsp3) is 0.0526. The second kappa shape index (κ2) is 24.8. The number of aryl methyl sites for hydroxylation is 4. The highest BCUT2D eigenvalue weighted by atomic mass is 15.0. The topological polar surface area (TPSA) is 87.2 Å². The van der Waals surface area contributed by atoms with Gasteiger partial charge < -0.3 is 9.13 Å². The number of benzene rings is 11. The summed E-state index contributed by atoms with van der Waals surface area (Å²) in [5, 5.41) is 5.26. The molecule has 15 aromatic rings. The molecule has 0 amide bonds. The fourth-order valence-corrected chi connectivity index (χ4v) is 10.5. The molecule has 404 valence electrons. The molecular weight excluding hydrogens is 1020 g/mol. The minimum Gasteiger partial charge on any atom is -0.309 e. The summed E-state index contributed by atoms with van der Waals surface area (Å²) < 4.78 is 4.68. The molecule has 11 aromatic carbocycles. The van der Waals surface area contributed by atoms with Crippen molar-refractivity contribution in [1.29, 1.82) is 0 Å². The standard InChI is InChI=1S/C22H17N3.2C19H15N.C16H13N3/c1-16-12-14-19(15-13-16)22-24-20(17-8-4-2-5-9-17)23-21(25-22)18-10-6-3-7-11-18;1-14-7-6-8-15(13-14)20-18-11-4-2-9-16(18)17-10-3-5-12-19(17)20;1-14-11-12-19-17(13-14)16-9-5-6-10-18(16)20(19)15-7-3-2-4-8-15;1-12-17-15(13-8-4-2-5-9-13)19-16(18-12)14-10-6-3-7-11-14/h2-15H,1H3;2*2-13H,1H3;2-11H,1H3. The molecule has 0 aliphatic rings. The number of nitrogens with zero attached hydrogens (tertiary/aromatic N) is 8. The number of aromatic nitrogens is 8. The molecule has 0 saturated heterocycles. The Bertz CT molecular complexity index is 4510. The summed E-state index contributed by atoms with van der Waals surface area (Å²) >= 11 is 0. The van der Waals surface area contributed by atoms with E-state index >= 15 is 0 Å². The van der Waals surface area contributed by atoms with E-state index in [1.165, 1.54) is 71.7 Å². The second-order valence-corrected chi connectivity index (χ2v) is 20.6. The van der Waals surface area contributed by atoms with Crippen LogP contribution in [0.25, 0.3) is 112 Å². The van der Waals surface area contributed by atoms with Gasteiger partial charge in [-0.15, -0.1) is 0 Å². The van der Waals surface area contributed by atoms with Crippen LogP contribution in [0.3, 0.4) is 0 Å². The number of fused-ring (bicyclic) bond motifs is 6. The summed E-state index contributed by atoms with van der Waals surface area (Å²) in [6, 6.07) is 99.9. The molecule has 84 heavy (non-hydrogen) atoms. The third kappa shape index (κ3) is 11.9. The van der Waals surface area contributed by atoms with Crippen LogP contribution in [0.2, 0.25) is 0 Å². The predicted octanol–water partition coefficient (Wildman–Crippen LogP) is 18.9. The molecule has 0 unspecified atom stereocenters. The van der Waals surface area contributed by atoms with Gasteiger partial charge in [0.05, 0.1) is 22.1 Å². The number of para-hydroxylation sites is 4. The van der Waals surface area contributed by atoms with E-state index in [4.69, 9.17) is 15.0 Å². The SMILES string of the molecule is Cc1ccc(-c2nc(-c3ccccc3)nc(-c3ccccc3)n2)cc1.Cc1ccc2c(c1)c1ccccc1n2-c1ccccc1.Cc1cccc(-n2c3ccccc3c3ccccc32)c1.Cc1nc(-c2ccccc2)nc(-c2ccccc2)n1. The first-order valence-corrected chi connectivity index (χ1v) is 28.2. The van der Waals surface area contributed by atoms with Gasteiger partial charge in [0.2, 0.25) is 0 Å². The first kappa shape index (κ1) is 53.7. The number of rotatable bonds is 7. The first-order chi connectivity index (χ1) is 41.3. The van der Waals surface area contributed by atoms with E-state index in [1.54, 1.807) is 0 Å². The van der Waals surface area contributed by atoms with Gasteiger partial charge in [0.15, 0.2) is 29.1 Å². The average molecular weight is 1090 g/mol. The van der Waals surface area contributed by atoms with Gasteiger partial charge in [-0.2, -0.15) is 0 Å². The highest BCUT2D eigenvalue weighted by molar-refractivity contribution is 6.10. The van der Waals surface area contributed by atoms with Crippen LogP contribution in [0.1, 0.15) is 22.5 Å². The van der Waals surface area contributed by atoms with Crippen molar-refractivity contribution in [3.63, 3.8) is 0 Å².